The van der Waals surface area contributed by atoms with Crippen LogP contribution in [0.25, 0.3) is 0 Å². The molecule has 1 rings (SSSR count). The fraction of sp³-hybridized carbons (Fsp3) is 0.357. The van der Waals surface area contributed by atoms with E-state index in [4.69, 9.17) is 5.11 Å². The first-order valence-corrected chi connectivity index (χ1v) is 5.74. The van der Waals surface area contributed by atoms with Crippen molar-refractivity contribution >= 4 is 5.91 Å². The number of carbonyl (C=O) groups is 1. The minimum absolute atomic E-state index is 0.0144. The van der Waals surface area contributed by atoms with Gasteiger partial charge in [-0.15, -0.1) is 0 Å². The molecule has 0 unspecified atom stereocenters. The molecule has 0 atom stereocenters. The van der Waals surface area contributed by atoms with Crippen LogP contribution in [0, 0.1) is 17.7 Å². The summed E-state index contributed by atoms with van der Waals surface area (Å²) in [4.78, 5) is 11.7. The van der Waals surface area contributed by atoms with Gasteiger partial charge in [-0.3, -0.25) is 4.79 Å². The summed E-state index contributed by atoms with van der Waals surface area (Å²) >= 11 is 0. The smallest absolute Gasteiger partial charge is 0.254 e. The highest BCUT2D eigenvalue weighted by Gasteiger charge is 2.12. The average Bonchev–Trinajstić information content (AvgIpc) is 2.30. The van der Waals surface area contributed by atoms with E-state index >= 15 is 0 Å². The molecule has 0 aliphatic rings. The van der Waals surface area contributed by atoms with Gasteiger partial charge in [0, 0.05) is 18.0 Å². The molecule has 0 aromatic heterocycles. The second-order valence-corrected chi connectivity index (χ2v) is 4.10. The van der Waals surface area contributed by atoms with E-state index in [1.54, 1.807) is 13.8 Å². The fourth-order valence-corrected chi connectivity index (χ4v) is 1.34. The van der Waals surface area contributed by atoms with Crippen molar-refractivity contribution < 1.29 is 14.3 Å². The summed E-state index contributed by atoms with van der Waals surface area (Å²) in [5.74, 6) is 4.47. The van der Waals surface area contributed by atoms with E-state index in [9.17, 15) is 9.18 Å². The topological polar surface area (TPSA) is 49.3 Å². The van der Waals surface area contributed by atoms with Gasteiger partial charge < -0.3 is 10.4 Å². The van der Waals surface area contributed by atoms with E-state index in [-0.39, 0.29) is 18.2 Å². The number of aliphatic hydroxyl groups excluding tert-OH is 1. The molecule has 0 bridgehead atoms. The molecule has 0 aliphatic heterocycles. The molecule has 96 valence electrons. The van der Waals surface area contributed by atoms with E-state index in [0.29, 0.717) is 12.0 Å². The van der Waals surface area contributed by atoms with Crippen LogP contribution in [0.15, 0.2) is 18.2 Å². The first-order valence-electron chi connectivity index (χ1n) is 5.74. The fourth-order valence-electron chi connectivity index (χ4n) is 1.34. The second kappa shape index (κ2) is 6.77. The van der Waals surface area contributed by atoms with Crippen LogP contribution in [0.1, 0.15) is 36.2 Å². The molecule has 0 fully saturated rings. The number of amides is 1. The number of carbonyl (C=O) groups excluding carboxylic acids is 1. The minimum atomic E-state index is -0.569. The van der Waals surface area contributed by atoms with Gasteiger partial charge in [0.15, 0.2) is 0 Å². The van der Waals surface area contributed by atoms with Crippen molar-refractivity contribution in [3.05, 3.63) is 35.1 Å². The summed E-state index contributed by atoms with van der Waals surface area (Å²) in [7, 11) is 0. The van der Waals surface area contributed by atoms with Crippen LogP contribution in [0.2, 0.25) is 0 Å². The highest BCUT2D eigenvalue weighted by Crippen LogP contribution is 2.10. The van der Waals surface area contributed by atoms with Gasteiger partial charge in [0.25, 0.3) is 5.91 Å². The Labute approximate surface area is 106 Å². The Morgan fingerprint density at radius 2 is 2.22 bits per heavy atom. The highest BCUT2D eigenvalue weighted by atomic mass is 19.1. The van der Waals surface area contributed by atoms with Crippen LogP contribution in [0.5, 0.6) is 0 Å². The zero-order chi connectivity index (χ0) is 13.5. The lowest BCUT2D eigenvalue weighted by Crippen LogP contribution is -2.30. The quantitative estimate of drug-likeness (QED) is 0.801. The first-order chi connectivity index (χ1) is 8.54. The maximum absolute atomic E-state index is 13.5. The minimum Gasteiger partial charge on any atom is -0.395 e. The Bertz CT molecular complexity index is 486. The van der Waals surface area contributed by atoms with Crippen LogP contribution in [0.3, 0.4) is 0 Å². The molecular formula is C14H16FNO2. The monoisotopic (exact) mass is 249 g/mol. The Balaban J connectivity index is 2.95. The summed E-state index contributed by atoms with van der Waals surface area (Å²) in [5, 5.41) is 11.2. The Morgan fingerprint density at radius 1 is 1.50 bits per heavy atom. The Hall–Kier alpha value is -1.86. The lowest BCUT2D eigenvalue weighted by atomic mass is 10.1. The summed E-state index contributed by atoms with van der Waals surface area (Å²) in [6.45, 7) is 3.59. The zero-order valence-corrected chi connectivity index (χ0v) is 10.5. The van der Waals surface area contributed by atoms with Gasteiger partial charge in [-0.2, -0.15) is 0 Å². The van der Waals surface area contributed by atoms with E-state index in [1.807, 2.05) is 0 Å². The SMILES string of the molecule is CC(C)NC(=O)c1cc(C#CCCO)ccc1F. The predicted octanol–water partition coefficient (Wildman–Crippen LogP) is 1.70. The van der Waals surface area contributed by atoms with E-state index in [0.717, 1.165) is 0 Å². The van der Waals surface area contributed by atoms with Gasteiger partial charge in [-0.05, 0) is 32.0 Å². The average molecular weight is 249 g/mol. The second-order valence-electron chi connectivity index (χ2n) is 4.10. The molecule has 1 aromatic rings. The molecule has 2 N–H and O–H groups in total. The molecule has 0 saturated heterocycles. The van der Waals surface area contributed by atoms with Crippen LogP contribution in [-0.2, 0) is 0 Å². The Morgan fingerprint density at radius 3 is 2.83 bits per heavy atom. The maximum Gasteiger partial charge on any atom is 0.254 e. The zero-order valence-electron chi connectivity index (χ0n) is 10.5. The molecule has 0 spiro atoms. The molecule has 1 aromatic carbocycles. The summed E-state index contributed by atoms with van der Waals surface area (Å²) in [6.07, 6.45) is 0.352. The molecule has 18 heavy (non-hydrogen) atoms. The van der Waals surface area contributed by atoms with Crippen LogP contribution in [0.4, 0.5) is 4.39 Å². The number of nitrogens with one attached hydrogen (secondary N) is 1. The molecule has 1 amide bonds. The number of halogens is 1. The number of rotatable bonds is 3. The van der Waals surface area contributed by atoms with Crippen LogP contribution in [-0.4, -0.2) is 23.7 Å². The van der Waals surface area contributed by atoms with Gasteiger partial charge in [-0.25, -0.2) is 4.39 Å². The van der Waals surface area contributed by atoms with Crippen molar-refractivity contribution in [2.45, 2.75) is 26.3 Å². The van der Waals surface area contributed by atoms with Gasteiger partial charge in [0.1, 0.15) is 5.82 Å². The standard InChI is InChI=1S/C14H16FNO2/c1-10(2)16-14(18)12-9-11(5-3-4-8-17)6-7-13(12)15/h6-7,9-10,17H,4,8H2,1-2H3,(H,16,18). The van der Waals surface area contributed by atoms with Crippen LogP contribution >= 0.6 is 0 Å². The number of hydrogen-bond acceptors (Lipinski definition) is 2. The summed E-state index contributed by atoms with van der Waals surface area (Å²) in [6, 6.07) is 4.09. The molecule has 4 heteroatoms. The van der Waals surface area contributed by atoms with Crippen LogP contribution < -0.4 is 5.32 Å². The van der Waals surface area contributed by atoms with Gasteiger partial charge in [0.2, 0.25) is 0 Å². The lowest BCUT2D eigenvalue weighted by Gasteiger charge is -2.09. The molecule has 0 aliphatic carbocycles. The summed E-state index contributed by atoms with van der Waals surface area (Å²) in [5.41, 5.74) is 0.540. The first kappa shape index (κ1) is 14.2. The van der Waals surface area contributed by atoms with Gasteiger partial charge in [0.05, 0.1) is 12.2 Å². The van der Waals surface area contributed by atoms with Crippen molar-refractivity contribution in [1.82, 2.24) is 5.32 Å². The van der Waals surface area contributed by atoms with Crippen molar-refractivity contribution in [1.29, 1.82) is 0 Å². The predicted molar refractivity (Wildman–Crippen MR) is 67.6 cm³/mol. The lowest BCUT2D eigenvalue weighted by molar-refractivity contribution is 0.0939. The molecule has 0 heterocycles. The van der Waals surface area contributed by atoms with Crippen molar-refractivity contribution in [3.63, 3.8) is 0 Å². The highest BCUT2D eigenvalue weighted by molar-refractivity contribution is 5.95. The molecule has 0 saturated carbocycles. The molecular weight excluding hydrogens is 233 g/mol. The van der Waals surface area contributed by atoms with Crippen molar-refractivity contribution in [2.24, 2.45) is 0 Å². The third kappa shape index (κ3) is 4.19. The maximum atomic E-state index is 13.5. The van der Waals surface area contributed by atoms with E-state index in [1.165, 1.54) is 18.2 Å². The normalized spacial score (nSPS) is 9.83. The number of benzene rings is 1. The number of hydrogen-bond donors (Lipinski definition) is 2. The molecule has 0 radical (unpaired) electrons. The number of aliphatic hydroxyl groups is 1. The largest absolute Gasteiger partial charge is 0.395 e. The van der Waals surface area contributed by atoms with Crippen molar-refractivity contribution in [2.75, 3.05) is 6.61 Å². The van der Waals surface area contributed by atoms with Gasteiger partial charge >= 0.3 is 0 Å². The van der Waals surface area contributed by atoms with Gasteiger partial charge in [-0.1, -0.05) is 11.8 Å². The summed E-state index contributed by atoms with van der Waals surface area (Å²) < 4.78 is 13.5. The van der Waals surface area contributed by atoms with E-state index < -0.39 is 11.7 Å². The van der Waals surface area contributed by atoms with E-state index in [2.05, 4.69) is 17.2 Å². The third-order valence-electron chi connectivity index (χ3n) is 2.10. The molecule has 3 nitrogen and oxygen atoms in total. The Kier molecular flexibility index (Phi) is 5.34. The van der Waals surface area contributed by atoms with Crippen molar-refractivity contribution in [3.8, 4) is 11.8 Å². The third-order valence-corrected chi connectivity index (χ3v) is 2.10.